The van der Waals surface area contributed by atoms with Gasteiger partial charge in [-0.1, -0.05) is 29.8 Å². The topological polar surface area (TPSA) is 67.7 Å². The molecule has 0 radical (unpaired) electrons. The van der Waals surface area contributed by atoms with Gasteiger partial charge < -0.3 is 14.5 Å². The first-order valence-electron chi connectivity index (χ1n) is 11.8. The molecule has 2 aromatic carbocycles. The first kappa shape index (κ1) is 22.7. The molecule has 3 heterocycles. The van der Waals surface area contributed by atoms with E-state index in [-0.39, 0.29) is 17.0 Å². The molecule has 1 aliphatic rings. The fourth-order valence-corrected chi connectivity index (χ4v) is 4.51. The van der Waals surface area contributed by atoms with Crippen LogP contribution in [-0.4, -0.2) is 53.6 Å². The van der Waals surface area contributed by atoms with Crippen LogP contribution in [-0.2, 0) is 6.54 Å². The quantitative estimate of drug-likeness (QED) is 0.447. The van der Waals surface area contributed by atoms with Crippen LogP contribution < -0.4 is 15.2 Å². The van der Waals surface area contributed by atoms with Crippen LogP contribution in [0.4, 0.5) is 5.69 Å². The molecule has 0 atom stereocenters. The van der Waals surface area contributed by atoms with Crippen molar-refractivity contribution in [3.05, 3.63) is 100.0 Å². The largest absolute Gasteiger partial charge is 0.497 e. The normalized spacial score (nSPS) is 13.8. The number of hydrogen-bond donors (Lipinski definition) is 0. The SMILES string of the molecule is COc1ccc(N2CCN(C(=O)c3cc4cccnc4n(Cc4ccc(C)cc4)c3=O)CC2)cc1. The Hall–Kier alpha value is -4.13. The highest BCUT2D eigenvalue weighted by molar-refractivity contribution is 5.97. The lowest BCUT2D eigenvalue weighted by Gasteiger charge is -2.36. The summed E-state index contributed by atoms with van der Waals surface area (Å²) in [5, 5.41) is 0.777. The van der Waals surface area contributed by atoms with Crippen LogP contribution in [0.3, 0.4) is 0 Å². The number of ether oxygens (including phenoxy) is 1. The number of carbonyl (C=O) groups is 1. The van der Waals surface area contributed by atoms with Crippen molar-refractivity contribution in [2.45, 2.75) is 13.5 Å². The second-order valence-corrected chi connectivity index (χ2v) is 8.83. The van der Waals surface area contributed by atoms with E-state index in [0.29, 0.717) is 38.4 Å². The molecule has 1 amide bonds. The highest BCUT2D eigenvalue weighted by Gasteiger charge is 2.25. The lowest BCUT2D eigenvalue weighted by atomic mass is 10.1. The maximum Gasteiger partial charge on any atom is 0.265 e. The number of carbonyl (C=O) groups excluding carboxylic acids is 1. The zero-order chi connectivity index (χ0) is 24.4. The number of anilines is 1. The molecule has 35 heavy (non-hydrogen) atoms. The number of fused-ring (bicyclic) bond motifs is 1. The molecule has 0 bridgehead atoms. The van der Waals surface area contributed by atoms with Crippen LogP contribution in [0, 0.1) is 6.92 Å². The van der Waals surface area contributed by atoms with Crippen molar-refractivity contribution in [3.8, 4) is 5.75 Å². The third kappa shape index (κ3) is 4.62. The number of nitrogens with zero attached hydrogens (tertiary/aromatic N) is 4. The summed E-state index contributed by atoms with van der Waals surface area (Å²) in [6.07, 6.45) is 1.67. The molecule has 0 N–H and O–H groups in total. The molecule has 0 aliphatic carbocycles. The van der Waals surface area contributed by atoms with Crippen LogP contribution in [0.25, 0.3) is 11.0 Å². The van der Waals surface area contributed by atoms with Gasteiger partial charge in [0.15, 0.2) is 0 Å². The van der Waals surface area contributed by atoms with Crippen LogP contribution in [0.1, 0.15) is 21.5 Å². The number of pyridine rings is 2. The van der Waals surface area contributed by atoms with E-state index in [2.05, 4.69) is 9.88 Å². The van der Waals surface area contributed by atoms with E-state index in [4.69, 9.17) is 4.74 Å². The Labute approximate surface area is 204 Å². The summed E-state index contributed by atoms with van der Waals surface area (Å²) in [6.45, 7) is 4.88. The summed E-state index contributed by atoms with van der Waals surface area (Å²) >= 11 is 0. The third-order valence-corrected chi connectivity index (χ3v) is 6.54. The Kier molecular flexibility index (Phi) is 6.23. The van der Waals surface area contributed by atoms with Crippen LogP contribution in [0.15, 0.2) is 77.7 Å². The molecule has 0 saturated carbocycles. The highest BCUT2D eigenvalue weighted by atomic mass is 16.5. The number of hydrogen-bond acceptors (Lipinski definition) is 5. The van der Waals surface area contributed by atoms with E-state index >= 15 is 0 Å². The Morgan fingerprint density at radius 1 is 0.971 bits per heavy atom. The van der Waals surface area contributed by atoms with Gasteiger partial charge in [0.1, 0.15) is 17.0 Å². The number of aryl methyl sites for hydroxylation is 1. The average Bonchev–Trinajstić information content (AvgIpc) is 2.91. The third-order valence-electron chi connectivity index (χ3n) is 6.54. The molecule has 1 fully saturated rings. The molecule has 178 valence electrons. The summed E-state index contributed by atoms with van der Waals surface area (Å²) in [7, 11) is 1.65. The molecule has 4 aromatic rings. The van der Waals surface area contributed by atoms with Gasteiger partial charge in [-0.15, -0.1) is 0 Å². The van der Waals surface area contributed by atoms with Gasteiger partial charge in [0.05, 0.1) is 13.7 Å². The highest BCUT2D eigenvalue weighted by Crippen LogP contribution is 2.21. The van der Waals surface area contributed by atoms with Gasteiger partial charge >= 0.3 is 0 Å². The Morgan fingerprint density at radius 3 is 2.37 bits per heavy atom. The maximum absolute atomic E-state index is 13.5. The second-order valence-electron chi connectivity index (χ2n) is 8.83. The van der Waals surface area contributed by atoms with E-state index in [1.54, 1.807) is 28.8 Å². The lowest BCUT2D eigenvalue weighted by molar-refractivity contribution is 0.0744. The van der Waals surface area contributed by atoms with E-state index in [0.717, 1.165) is 28.0 Å². The molecular formula is C28H28N4O3. The van der Waals surface area contributed by atoms with E-state index in [1.807, 2.05) is 67.6 Å². The van der Waals surface area contributed by atoms with Gasteiger partial charge in [0, 0.05) is 43.4 Å². The maximum atomic E-state index is 13.5. The van der Waals surface area contributed by atoms with Gasteiger partial charge in [0.2, 0.25) is 0 Å². The molecular weight excluding hydrogens is 440 g/mol. The number of aromatic nitrogens is 2. The minimum Gasteiger partial charge on any atom is -0.497 e. The van der Waals surface area contributed by atoms with E-state index < -0.39 is 0 Å². The minimum absolute atomic E-state index is 0.190. The fourth-order valence-electron chi connectivity index (χ4n) is 4.51. The monoisotopic (exact) mass is 468 g/mol. The van der Waals surface area contributed by atoms with E-state index in [1.165, 1.54) is 0 Å². The van der Waals surface area contributed by atoms with Crippen molar-refractivity contribution in [2.75, 3.05) is 38.2 Å². The van der Waals surface area contributed by atoms with Crippen molar-refractivity contribution < 1.29 is 9.53 Å². The second kappa shape index (κ2) is 9.62. The Bertz CT molecular complexity index is 1400. The lowest BCUT2D eigenvalue weighted by Crippen LogP contribution is -2.50. The first-order valence-corrected chi connectivity index (χ1v) is 11.8. The van der Waals surface area contributed by atoms with Gasteiger partial charge in [-0.3, -0.25) is 14.2 Å². The number of piperazine rings is 1. The smallest absolute Gasteiger partial charge is 0.265 e. The summed E-state index contributed by atoms with van der Waals surface area (Å²) in [5.41, 5.74) is 3.70. The predicted molar refractivity (Wildman–Crippen MR) is 137 cm³/mol. The predicted octanol–water partition coefficient (Wildman–Crippen LogP) is 3.72. The summed E-state index contributed by atoms with van der Waals surface area (Å²) in [4.78, 5) is 35.5. The molecule has 7 heteroatoms. The van der Waals surface area contributed by atoms with Crippen molar-refractivity contribution >= 4 is 22.6 Å². The van der Waals surface area contributed by atoms with Gasteiger partial charge in [-0.05, 0) is 55.0 Å². The summed E-state index contributed by atoms with van der Waals surface area (Å²) in [6, 6.07) is 21.4. The number of amides is 1. The molecule has 0 unspecified atom stereocenters. The number of rotatable bonds is 5. The van der Waals surface area contributed by atoms with Gasteiger partial charge in [-0.25, -0.2) is 4.98 Å². The van der Waals surface area contributed by atoms with Crippen molar-refractivity contribution in [1.82, 2.24) is 14.5 Å². The van der Waals surface area contributed by atoms with Crippen molar-refractivity contribution in [1.29, 1.82) is 0 Å². The zero-order valence-electron chi connectivity index (χ0n) is 20.0. The van der Waals surface area contributed by atoms with Crippen molar-refractivity contribution in [2.24, 2.45) is 0 Å². The first-order chi connectivity index (χ1) is 17.0. The summed E-state index contributed by atoms with van der Waals surface area (Å²) < 4.78 is 6.85. The number of benzene rings is 2. The average molecular weight is 469 g/mol. The standard InChI is InChI=1S/C28H28N4O3/c1-20-5-7-21(8-6-20)19-32-26-22(4-3-13-29-26)18-25(28(32)34)27(33)31-16-14-30(15-17-31)23-9-11-24(35-2)12-10-23/h3-13,18H,14-17,19H2,1-2H3. The van der Waals surface area contributed by atoms with Gasteiger partial charge in [0.25, 0.3) is 11.5 Å². The molecule has 1 aliphatic heterocycles. The zero-order valence-corrected chi connectivity index (χ0v) is 20.0. The van der Waals surface area contributed by atoms with Crippen LogP contribution in [0.2, 0.25) is 0 Å². The minimum atomic E-state index is -0.306. The van der Waals surface area contributed by atoms with Crippen LogP contribution >= 0.6 is 0 Å². The summed E-state index contributed by atoms with van der Waals surface area (Å²) in [5.74, 6) is 0.586. The molecule has 7 nitrogen and oxygen atoms in total. The molecule has 1 saturated heterocycles. The van der Waals surface area contributed by atoms with Gasteiger partial charge in [-0.2, -0.15) is 0 Å². The molecule has 2 aromatic heterocycles. The Morgan fingerprint density at radius 2 is 1.69 bits per heavy atom. The Balaban J connectivity index is 1.40. The van der Waals surface area contributed by atoms with E-state index in [9.17, 15) is 9.59 Å². The fraction of sp³-hybridized carbons (Fsp3) is 0.250. The van der Waals surface area contributed by atoms with Crippen molar-refractivity contribution in [3.63, 3.8) is 0 Å². The van der Waals surface area contributed by atoms with Crippen LogP contribution in [0.5, 0.6) is 5.75 Å². The molecule has 5 rings (SSSR count). The molecule has 0 spiro atoms. The number of methoxy groups -OCH3 is 1.